The van der Waals surface area contributed by atoms with Crippen molar-refractivity contribution in [3.8, 4) is 0 Å². The number of nitrogens with one attached hydrogen (secondary N) is 1. The van der Waals surface area contributed by atoms with E-state index in [0.29, 0.717) is 22.2 Å². The van der Waals surface area contributed by atoms with E-state index in [9.17, 15) is 13.2 Å². The van der Waals surface area contributed by atoms with Crippen molar-refractivity contribution in [2.45, 2.75) is 25.5 Å². The SMILES string of the molecule is CC(C)c1nc(=O)oc2c(CS(=O)(=O)C=N)cccc12. The van der Waals surface area contributed by atoms with Gasteiger partial charge in [0.1, 0.15) is 11.1 Å². The Balaban J connectivity index is 2.76. The number of rotatable bonds is 4. The average molecular weight is 294 g/mol. The molecule has 0 saturated heterocycles. The first-order chi connectivity index (χ1) is 9.34. The van der Waals surface area contributed by atoms with E-state index >= 15 is 0 Å². The number of benzene rings is 1. The molecule has 20 heavy (non-hydrogen) atoms. The maximum absolute atomic E-state index is 11.5. The number of nitrogens with zero attached hydrogens (tertiary/aromatic N) is 1. The number of hydrogen-bond donors (Lipinski definition) is 1. The van der Waals surface area contributed by atoms with Crippen LogP contribution in [-0.4, -0.2) is 18.9 Å². The minimum Gasteiger partial charge on any atom is -0.408 e. The van der Waals surface area contributed by atoms with Crippen molar-refractivity contribution in [1.29, 1.82) is 5.41 Å². The normalized spacial score (nSPS) is 11.9. The summed E-state index contributed by atoms with van der Waals surface area (Å²) in [5, 5.41) is 7.52. The molecule has 1 aromatic heterocycles. The zero-order valence-corrected chi connectivity index (χ0v) is 11.9. The molecule has 1 heterocycles. The lowest BCUT2D eigenvalue weighted by molar-refractivity contribution is 0.520. The van der Waals surface area contributed by atoms with E-state index < -0.39 is 15.6 Å². The molecular weight excluding hydrogens is 280 g/mol. The molecule has 0 fully saturated rings. The highest BCUT2D eigenvalue weighted by molar-refractivity contribution is 8.03. The minimum absolute atomic E-state index is 0.0104. The topological polar surface area (TPSA) is 101 Å². The molecule has 0 saturated carbocycles. The molecule has 0 aliphatic carbocycles. The number of fused-ring (bicyclic) bond motifs is 1. The lowest BCUT2D eigenvalue weighted by Crippen LogP contribution is -2.11. The summed E-state index contributed by atoms with van der Waals surface area (Å²) >= 11 is 0. The van der Waals surface area contributed by atoms with Crippen LogP contribution < -0.4 is 5.76 Å². The summed E-state index contributed by atoms with van der Waals surface area (Å²) in [6.07, 6.45) is 0. The van der Waals surface area contributed by atoms with Gasteiger partial charge >= 0.3 is 5.76 Å². The Kier molecular flexibility index (Phi) is 3.71. The standard InChI is InChI=1S/C13H14N2O4S/c1-8(2)11-10-5-3-4-9(6-20(17,18)7-14)12(10)19-13(16)15-11/h3-5,7-8,14H,6H2,1-2H3. The summed E-state index contributed by atoms with van der Waals surface area (Å²) in [6, 6.07) is 4.99. The molecule has 2 rings (SSSR count). The van der Waals surface area contributed by atoms with Gasteiger partial charge in [0.25, 0.3) is 0 Å². The Morgan fingerprint density at radius 1 is 1.40 bits per heavy atom. The second-order valence-electron chi connectivity index (χ2n) is 4.74. The monoisotopic (exact) mass is 294 g/mol. The van der Waals surface area contributed by atoms with Crippen LogP contribution in [0.2, 0.25) is 0 Å². The van der Waals surface area contributed by atoms with Gasteiger partial charge in [0, 0.05) is 10.9 Å². The van der Waals surface area contributed by atoms with Crippen LogP contribution in [0.1, 0.15) is 31.0 Å². The highest BCUT2D eigenvalue weighted by Gasteiger charge is 2.16. The first-order valence-corrected chi connectivity index (χ1v) is 7.71. The minimum atomic E-state index is -3.65. The third-order valence-corrected chi connectivity index (χ3v) is 3.93. The largest absolute Gasteiger partial charge is 0.439 e. The summed E-state index contributed by atoms with van der Waals surface area (Å²) in [6.45, 7) is 3.78. The summed E-state index contributed by atoms with van der Waals surface area (Å²) in [5.41, 5.74) is 1.55. The molecule has 0 radical (unpaired) electrons. The average Bonchev–Trinajstić information content (AvgIpc) is 2.38. The summed E-state index contributed by atoms with van der Waals surface area (Å²) in [7, 11) is -3.65. The second-order valence-corrected chi connectivity index (χ2v) is 6.59. The predicted octanol–water partition coefficient (Wildman–Crippen LogP) is 1.83. The third kappa shape index (κ3) is 2.77. The molecular formula is C13H14N2O4S. The molecule has 106 valence electrons. The number of para-hydroxylation sites is 1. The van der Waals surface area contributed by atoms with Crippen LogP contribution >= 0.6 is 0 Å². The van der Waals surface area contributed by atoms with Gasteiger partial charge in [0.15, 0.2) is 9.84 Å². The van der Waals surface area contributed by atoms with E-state index in [1.807, 2.05) is 13.8 Å². The summed E-state index contributed by atoms with van der Waals surface area (Å²) < 4.78 is 28.1. The Bertz CT molecular complexity index is 822. The second kappa shape index (κ2) is 5.16. The van der Waals surface area contributed by atoms with Crippen molar-refractivity contribution < 1.29 is 12.8 Å². The van der Waals surface area contributed by atoms with Gasteiger partial charge in [-0.05, 0) is 12.0 Å². The fraction of sp³-hybridized carbons (Fsp3) is 0.308. The Morgan fingerprint density at radius 3 is 2.70 bits per heavy atom. The lowest BCUT2D eigenvalue weighted by Gasteiger charge is -2.09. The first-order valence-electron chi connectivity index (χ1n) is 6.00. The maximum atomic E-state index is 11.5. The Hall–Kier alpha value is -2.02. The highest BCUT2D eigenvalue weighted by atomic mass is 32.2. The van der Waals surface area contributed by atoms with Crippen LogP contribution in [-0.2, 0) is 15.6 Å². The van der Waals surface area contributed by atoms with Crippen LogP contribution in [0.3, 0.4) is 0 Å². The molecule has 0 amide bonds. The van der Waals surface area contributed by atoms with Crippen LogP contribution in [0.5, 0.6) is 0 Å². The van der Waals surface area contributed by atoms with Crippen LogP contribution in [0.15, 0.2) is 27.4 Å². The van der Waals surface area contributed by atoms with Gasteiger partial charge in [0.2, 0.25) is 0 Å². The first kappa shape index (κ1) is 14.4. The van der Waals surface area contributed by atoms with Gasteiger partial charge in [0.05, 0.1) is 11.4 Å². The zero-order valence-electron chi connectivity index (χ0n) is 11.1. The third-order valence-electron chi connectivity index (χ3n) is 2.86. The molecule has 2 aromatic rings. The van der Waals surface area contributed by atoms with E-state index in [1.54, 1.807) is 18.2 Å². The molecule has 0 aliphatic rings. The maximum Gasteiger partial charge on any atom is 0.439 e. The molecule has 0 aliphatic heterocycles. The summed E-state index contributed by atoms with van der Waals surface area (Å²) in [5.74, 6) is -1.12. The lowest BCUT2D eigenvalue weighted by atomic mass is 10.0. The predicted molar refractivity (Wildman–Crippen MR) is 75.8 cm³/mol. The van der Waals surface area contributed by atoms with Crippen molar-refractivity contribution >= 4 is 26.4 Å². The molecule has 0 bridgehead atoms. The quantitative estimate of drug-likeness (QED) is 0.684. The van der Waals surface area contributed by atoms with Gasteiger partial charge < -0.3 is 4.42 Å². The fourth-order valence-electron chi connectivity index (χ4n) is 1.99. The highest BCUT2D eigenvalue weighted by Crippen LogP contribution is 2.25. The van der Waals surface area contributed by atoms with Crippen molar-refractivity contribution in [2.24, 2.45) is 0 Å². The van der Waals surface area contributed by atoms with Crippen LogP contribution in [0.4, 0.5) is 0 Å². The van der Waals surface area contributed by atoms with Crippen molar-refractivity contribution in [1.82, 2.24) is 4.98 Å². The van der Waals surface area contributed by atoms with E-state index in [4.69, 9.17) is 9.83 Å². The number of aromatic nitrogens is 1. The van der Waals surface area contributed by atoms with Gasteiger partial charge in [-0.2, -0.15) is 4.98 Å². The Morgan fingerprint density at radius 2 is 2.10 bits per heavy atom. The molecule has 1 aromatic carbocycles. The van der Waals surface area contributed by atoms with Crippen molar-refractivity contribution in [3.05, 3.63) is 40.0 Å². The van der Waals surface area contributed by atoms with E-state index in [1.165, 1.54) is 0 Å². The smallest absolute Gasteiger partial charge is 0.408 e. The van der Waals surface area contributed by atoms with Crippen molar-refractivity contribution in [2.75, 3.05) is 0 Å². The number of sulfone groups is 1. The molecule has 0 atom stereocenters. The molecule has 0 spiro atoms. The van der Waals surface area contributed by atoms with Gasteiger partial charge in [-0.25, -0.2) is 13.2 Å². The molecule has 6 nitrogen and oxygen atoms in total. The van der Waals surface area contributed by atoms with E-state index in [0.717, 1.165) is 0 Å². The van der Waals surface area contributed by atoms with E-state index in [2.05, 4.69) is 4.98 Å². The molecule has 0 unspecified atom stereocenters. The van der Waals surface area contributed by atoms with Crippen LogP contribution in [0.25, 0.3) is 11.0 Å². The van der Waals surface area contributed by atoms with Crippen LogP contribution in [0, 0.1) is 5.41 Å². The zero-order chi connectivity index (χ0) is 14.9. The van der Waals surface area contributed by atoms with Gasteiger partial charge in [-0.3, -0.25) is 5.41 Å². The van der Waals surface area contributed by atoms with E-state index in [-0.39, 0.29) is 17.3 Å². The summed E-state index contributed by atoms with van der Waals surface area (Å²) in [4.78, 5) is 15.4. The Labute approximate surface area is 115 Å². The number of hydrogen-bond acceptors (Lipinski definition) is 6. The molecule has 7 heteroatoms. The van der Waals surface area contributed by atoms with Crippen molar-refractivity contribution in [3.63, 3.8) is 0 Å². The van der Waals surface area contributed by atoms with Gasteiger partial charge in [-0.15, -0.1) is 0 Å². The fourth-order valence-corrected chi connectivity index (χ4v) is 2.73. The van der Waals surface area contributed by atoms with Gasteiger partial charge in [-0.1, -0.05) is 26.0 Å². The molecule has 1 N–H and O–H groups in total.